The van der Waals surface area contributed by atoms with Crippen LogP contribution in [0.15, 0.2) is 29.2 Å². The number of rotatable bonds is 5. The van der Waals surface area contributed by atoms with E-state index in [4.69, 9.17) is 0 Å². The molecule has 5 nitrogen and oxygen atoms in total. The van der Waals surface area contributed by atoms with E-state index >= 15 is 0 Å². The van der Waals surface area contributed by atoms with Crippen LogP contribution in [-0.2, 0) is 10.0 Å². The molecule has 1 rings (SSSR count). The van der Waals surface area contributed by atoms with E-state index in [0.29, 0.717) is 12.1 Å². The van der Waals surface area contributed by atoms with Crippen LogP contribution < -0.4 is 5.32 Å². The minimum absolute atomic E-state index is 0.118. The van der Waals surface area contributed by atoms with Gasteiger partial charge in [0.1, 0.15) is 0 Å². The predicted octanol–water partition coefficient (Wildman–Crippen LogP) is 1.47. The van der Waals surface area contributed by atoms with Crippen molar-refractivity contribution in [3.05, 3.63) is 29.8 Å². The van der Waals surface area contributed by atoms with E-state index in [0.717, 1.165) is 0 Å². The summed E-state index contributed by atoms with van der Waals surface area (Å²) in [5, 5.41) is 2.66. The minimum atomic E-state index is -3.49. The highest BCUT2D eigenvalue weighted by Crippen LogP contribution is 2.17. The Bertz CT molecular complexity index is 536. The molecule has 0 atom stereocenters. The first-order valence-electron chi connectivity index (χ1n) is 6.17. The molecular weight excluding hydrogens is 264 g/mol. The van der Waals surface area contributed by atoms with Gasteiger partial charge < -0.3 is 5.32 Å². The van der Waals surface area contributed by atoms with Crippen molar-refractivity contribution in [2.24, 2.45) is 0 Å². The van der Waals surface area contributed by atoms with Gasteiger partial charge in [0.2, 0.25) is 10.0 Å². The standard InChI is InChI=1S/C13H20N2O3S/c1-5-14-13(16)11-6-8-12(9-7-11)19(17,18)15(4)10(2)3/h6-10H,5H2,1-4H3,(H,14,16). The van der Waals surface area contributed by atoms with Crippen LogP contribution in [-0.4, -0.2) is 38.3 Å². The summed E-state index contributed by atoms with van der Waals surface area (Å²) in [6, 6.07) is 5.84. The van der Waals surface area contributed by atoms with Crippen LogP contribution in [0.1, 0.15) is 31.1 Å². The van der Waals surface area contributed by atoms with Gasteiger partial charge in [0.15, 0.2) is 0 Å². The molecule has 0 radical (unpaired) electrons. The molecule has 106 valence electrons. The Morgan fingerprint density at radius 3 is 2.21 bits per heavy atom. The number of nitrogens with one attached hydrogen (secondary N) is 1. The average molecular weight is 284 g/mol. The smallest absolute Gasteiger partial charge is 0.251 e. The molecule has 0 aliphatic heterocycles. The molecule has 0 aromatic heterocycles. The second kappa shape index (κ2) is 6.16. The van der Waals surface area contributed by atoms with Crippen LogP contribution in [0.3, 0.4) is 0 Å². The van der Waals surface area contributed by atoms with Crippen molar-refractivity contribution in [2.45, 2.75) is 31.7 Å². The maximum Gasteiger partial charge on any atom is 0.251 e. The highest BCUT2D eigenvalue weighted by molar-refractivity contribution is 7.89. The Morgan fingerprint density at radius 2 is 1.79 bits per heavy atom. The van der Waals surface area contributed by atoms with Crippen LogP contribution in [0.4, 0.5) is 0 Å². The zero-order valence-corrected chi connectivity index (χ0v) is 12.5. The third-order valence-electron chi connectivity index (χ3n) is 2.86. The van der Waals surface area contributed by atoms with Gasteiger partial charge >= 0.3 is 0 Å². The number of carbonyl (C=O) groups is 1. The number of benzene rings is 1. The number of carbonyl (C=O) groups excluding carboxylic acids is 1. The molecule has 1 amide bonds. The molecule has 0 saturated carbocycles. The molecule has 6 heteroatoms. The molecule has 0 heterocycles. The molecule has 1 aromatic rings. The first kappa shape index (κ1) is 15.7. The Morgan fingerprint density at radius 1 is 1.26 bits per heavy atom. The lowest BCUT2D eigenvalue weighted by Gasteiger charge is -2.21. The number of sulfonamides is 1. The first-order chi connectivity index (χ1) is 8.80. The molecule has 19 heavy (non-hydrogen) atoms. The van der Waals surface area contributed by atoms with Crippen LogP contribution in [0.25, 0.3) is 0 Å². The monoisotopic (exact) mass is 284 g/mol. The lowest BCUT2D eigenvalue weighted by atomic mass is 10.2. The third kappa shape index (κ3) is 3.54. The van der Waals surface area contributed by atoms with E-state index < -0.39 is 10.0 Å². The summed E-state index contributed by atoms with van der Waals surface area (Å²) in [6.07, 6.45) is 0. The quantitative estimate of drug-likeness (QED) is 0.890. The normalized spacial score (nSPS) is 11.9. The van der Waals surface area contributed by atoms with Crippen molar-refractivity contribution < 1.29 is 13.2 Å². The summed E-state index contributed by atoms with van der Waals surface area (Å²) < 4.78 is 25.7. The number of nitrogens with zero attached hydrogens (tertiary/aromatic N) is 1. The molecule has 1 aromatic carbocycles. The zero-order chi connectivity index (χ0) is 14.6. The Balaban J connectivity index is 3.02. The molecule has 0 unspecified atom stereocenters. The topological polar surface area (TPSA) is 66.5 Å². The van der Waals surface area contributed by atoms with Gasteiger partial charge in [-0.15, -0.1) is 0 Å². The van der Waals surface area contributed by atoms with Gasteiger partial charge in [0.25, 0.3) is 5.91 Å². The van der Waals surface area contributed by atoms with Gasteiger partial charge in [0, 0.05) is 25.2 Å². The molecule has 1 N–H and O–H groups in total. The second-order valence-electron chi connectivity index (χ2n) is 4.50. The van der Waals surface area contributed by atoms with E-state index in [1.54, 1.807) is 13.8 Å². The summed E-state index contributed by atoms with van der Waals surface area (Å²) in [5.74, 6) is -0.205. The molecule has 0 fully saturated rings. The van der Waals surface area contributed by atoms with Crippen molar-refractivity contribution in [1.29, 1.82) is 0 Å². The highest BCUT2D eigenvalue weighted by Gasteiger charge is 2.23. The SMILES string of the molecule is CCNC(=O)c1ccc(S(=O)(=O)N(C)C(C)C)cc1. The fourth-order valence-corrected chi connectivity index (χ4v) is 2.85. The summed E-state index contributed by atoms with van der Waals surface area (Å²) in [6.45, 7) is 5.98. The van der Waals surface area contributed by atoms with Crippen molar-refractivity contribution in [3.8, 4) is 0 Å². The average Bonchev–Trinajstić information content (AvgIpc) is 2.38. The largest absolute Gasteiger partial charge is 0.352 e. The van der Waals surface area contributed by atoms with E-state index in [-0.39, 0.29) is 16.8 Å². The van der Waals surface area contributed by atoms with Gasteiger partial charge in [-0.2, -0.15) is 4.31 Å². The first-order valence-corrected chi connectivity index (χ1v) is 7.61. The van der Waals surface area contributed by atoms with Crippen molar-refractivity contribution >= 4 is 15.9 Å². The van der Waals surface area contributed by atoms with E-state index in [9.17, 15) is 13.2 Å². The van der Waals surface area contributed by atoms with E-state index in [1.807, 2.05) is 6.92 Å². The van der Waals surface area contributed by atoms with E-state index in [1.165, 1.54) is 35.6 Å². The van der Waals surface area contributed by atoms with Crippen molar-refractivity contribution in [3.63, 3.8) is 0 Å². The summed E-state index contributed by atoms with van der Waals surface area (Å²) >= 11 is 0. The van der Waals surface area contributed by atoms with Crippen LogP contribution >= 0.6 is 0 Å². The third-order valence-corrected chi connectivity index (χ3v) is 4.91. The van der Waals surface area contributed by atoms with Crippen molar-refractivity contribution in [2.75, 3.05) is 13.6 Å². The summed E-state index contributed by atoms with van der Waals surface area (Å²) in [5.41, 5.74) is 0.452. The van der Waals surface area contributed by atoms with Crippen molar-refractivity contribution in [1.82, 2.24) is 9.62 Å². The molecule has 0 saturated heterocycles. The predicted molar refractivity (Wildman–Crippen MR) is 74.5 cm³/mol. The second-order valence-corrected chi connectivity index (χ2v) is 6.50. The molecule has 0 bridgehead atoms. The summed E-state index contributed by atoms with van der Waals surface area (Å²) in [4.78, 5) is 11.8. The van der Waals surface area contributed by atoms with Crippen LogP contribution in [0, 0.1) is 0 Å². The lowest BCUT2D eigenvalue weighted by molar-refractivity contribution is 0.0955. The maximum atomic E-state index is 12.2. The van der Waals surface area contributed by atoms with Crippen LogP contribution in [0.5, 0.6) is 0 Å². The maximum absolute atomic E-state index is 12.2. The van der Waals surface area contributed by atoms with Crippen LogP contribution in [0.2, 0.25) is 0 Å². The number of hydrogen-bond donors (Lipinski definition) is 1. The zero-order valence-electron chi connectivity index (χ0n) is 11.7. The van der Waals surface area contributed by atoms with Gasteiger partial charge in [-0.25, -0.2) is 8.42 Å². The highest BCUT2D eigenvalue weighted by atomic mass is 32.2. The Labute approximate surface area is 114 Å². The number of hydrogen-bond acceptors (Lipinski definition) is 3. The molecular formula is C13H20N2O3S. The Hall–Kier alpha value is -1.40. The lowest BCUT2D eigenvalue weighted by Crippen LogP contribution is -2.33. The van der Waals surface area contributed by atoms with Gasteiger partial charge in [-0.3, -0.25) is 4.79 Å². The Kier molecular flexibility index (Phi) is 5.08. The minimum Gasteiger partial charge on any atom is -0.352 e. The van der Waals surface area contributed by atoms with E-state index in [2.05, 4.69) is 5.32 Å². The van der Waals surface area contributed by atoms with Gasteiger partial charge in [-0.05, 0) is 45.0 Å². The molecule has 0 aliphatic carbocycles. The van der Waals surface area contributed by atoms with Gasteiger partial charge in [-0.1, -0.05) is 0 Å². The summed E-state index contributed by atoms with van der Waals surface area (Å²) in [7, 11) is -1.95. The van der Waals surface area contributed by atoms with Gasteiger partial charge in [0.05, 0.1) is 4.90 Å². The fraction of sp³-hybridized carbons (Fsp3) is 0.462. The molecule has 0 spiro atoms. The fourth-order valence-electron chi connectivity index (χ4n) is 1.48. The number of amides is 1. The molecule has 0 aliphatic rings.